The van der Waals surface area contributed by atoms with E-state index in [4.69, 9.17) is 4.74 Å². The van der Waals surface area contributed by atoms with Crippen molar-refractivity contribution in [1.82, 2.24) is 10.6 Å². The van der Waals surface area contributed by atoms with E-state index in [1.807, 2.05) is 26.0 Å². The van der Waals surface area contributed by atoms with Crippen LogP contribution in [-0.4, -0.2) is 38.8 Å². The third-order valence-corrected chi connectivity index (χ3v) is 3.68. The fraction of sp³-hybridized carbons (Fsp3) is 0.562. The molecule has 0 spiro atoms. The van der Waals surface area contributed by atoms with E-state index < -0.39 is 0 Å². The number of nitrogens with one attached hydrogen (secondary N) is 2. The van der Waals surface area contributed by atoms with Gasteiger partial charge < -0.3 is 20.3 Å². The molecule has 0 saturated carbocycles. The molecular weight excluding hydrogens is 266 g/mol. The van der Waals surface area contributed by atoms with Gasteiger partial charge in [-0.1, -0.05) is 6.07 Å². The molecule has 21 heavy (non-hydrogen) atoms. The van der Waals surface area contributed by atoms with Crippen molar-refractivity contribution in [3.8, 4) is 5.75 Å². The first-order valence-electron chi connectivity index (χ1n) is 7.52. The number of rotatable bonds is 5. The molecule has 0 radical (unpaired) electrons. The molecule has 1 fully saturated rings. The standard InChI is InChI=1S/C16H25N3O2/c1-12(2)18-16(20)17-10-13-7-8-19(11-13)14-5-4-6-15(9-14)21-3/h4-6,9,12-13H,7-8,10-11H2,1-3H3,(H2,17,18,20). The van der Waals surface area contributed by atoms with Gasteiger partial charge in [0.25, 0.3) is 0 Å². The maximum Gasteiger partial charge on any atom is 0.314 e. The van der Waals surface area contributed by atoms with Gasteiger partial charge >= 0.3 is 6.03 Å². The molecule has 2 rings (SSSR count). The number of amides is 2. The van der Waals surface area contributed by atoms with Crippen molar-refractivity contribution >= 4 is 11.7 Å². The number of methoxy groups -OCH3 is 1. The van der Waals surface area contributed by atoms with E-state index in [9.17, 15) is 4.79 Å². The number of carbonyl (C=O) groups excluding carboxylic acids is 1. The maximum absolute atomic E-state index is 11.6. The molecule has 2 amide bonds. The van der Waals surface area contributed by atoms with Crippen LogP contribution in [-0.2, 0) is 0 Å². The summed E-state index contributed by atoms with van der Waals surface area (Å²) in [4.78, 5) is 13.9. The van der Waals surface area contributed by atoms with Gasteiger partial charge in [-0.3, -0.25) is 0 Å². The summed E-state index contributed by atoms with van der Waals surface area (Å²) in [7, 11) is 1.68. The molecule has 1 heterocycles. The van der Waals surface area contributed by atoms with Gasteiger partial charge in [-0.15, -0.1) is 0 Å². The van der Waals surface area contributed by atoms with Crippen molar-refractivity contribution in [1.29, 1.82) is 0 Å². The molecule has 2 N–H and O–H groups in total. The second-order valence-corrected chi connectivity index (χ2v) is 5.81. The average molecular weight is 291 g/mol. The van der Waals surface area contributed by atoms with Gasteiger partial charge in [0.15, 0.2) is 0 Å². The van der Waals surface area contributed by atoms with Gasteiger partial charge in [0.2, 0.25) is 0 Å². The quantitative estimate of drug-likeness (QED) is 0.874. The maximum atomic E-state index is 11.6. The Balaban J connectivity index is 1.81. The van der Waals surface area contributed by atoms with Crippen molar-refractivity contribution in [2.75, 3.05) is 31.6 Å². The van der Waals surface area contributed by atoms with E-state index in [1.54, 1.807) is 7.11 Å². The number of hydrogen-bond acceptors (Lipinski definition) is 3. The lowest BCUT2D eigenvalue weighted by Crippen LogP contribution is -2.41. The predicted octanol–water partition coefficient (Wildman–Crippen LogP) is 2.23. The summed E-state index contributed by atoms with van der Waals surface area (Å²) in [5.41, 5.74) is 1.18. The van der Waals surface area contributed by atoms with E-state index in [1.165, 1.54) is 5.69 Å². The molecule has 0 aliphatic carbocycles. The number of anilines is 1. The largest absolute Gasteiger partial charge is 0.497 e. The lowest BCUT2D eigenvalue weighted by atomic mass is 10.1. The summed E-state index contributed by atoms with van der Waals surface area (Å²) in [6, 6.07) is 8.21. The van der Waals surface area contributed by atoms with Gasteiger partial charge in [0.05, 0.1) is 7.11 Å². The van der Waals surface area contributed by atoms with E-state index in [0.717, 1.165) is 31.8 Å². The molecule has 1 saturated heterocycles. The van der Waals surface area contributed by atoms with Crippen LogP contribution >= 0.6 is 0 Å². The number of urea groups is 1. The zero-order chi connectivity index (χ0) is 15.2. The molecule has 1 aliphatic heterocycles. The Kier molecular flexibility index (Phi) is 5.31. The van der Waals surface area contributed by atoms with Crippen LogP contribution in [0.4, 0.5) is 10.5 Å². The average Bonchev–Trinajstić information content (AvgIpc) is 2.93. The summed E-state index contributed by atoms with van der Waals surface area (Å²) in [5, 5.41) is 5.79. The highest BCUT2D eigenvalue weighted by Crippen LogP contribution is 2.26. The highest BCUT2D eigenvalue weighted by atomic mass is 16.5. The van der Waals surface area contributed by atoms with Crippen LogP contribution < -0.4 is 20.3 Å². The summed E-state index contributed by atoms with van der Waals surface area (Å²) in [6.07, 6.45) is 1.10. The highest BCUT2D eigenvalue weighted by molar-refractivity contribution is 5.74. The molecule has 1 aromatic carbocycles. The smallest absolute Gasteiger partial charge is 0.314 e. The molecule has 116 valence electrons. The second-order valence-electron chi connectivity index (χ2n) is 5.81. The Labute approximate surface area is 126 Å². The van der Waals surface area contributed by atoms with Crippen LogP contribution in [0.1, 0.15) is 20.3 Å². The minimum Gasteiger partial charge on any atom is -0.497 e. The molecule has 1 unspecified atom stereocenters. The van der Waals surface area contributed by atoms with Crippen LogP contribution in [0.25, 0.3) is 0 Å². The van der Waals surface area contributed by atoms with Crippen LogP contribution in [0, 0.1) is 5.92 Å². The second kappa shape index (κ2) is 7.20. The third kappa shape index (κ3) is 4.55. The van der Waals surface area contributed by atoms with Gasteiger partial charge in [-0.2, -0.15) is 0 Å². The normalized spacial score (nSPS) is 17.9. The van der Waals surface area contributed by atoms with Crippen LogP contribution in [0.2, 0.25) is 0 Å². The Morgan fingerprint density at radius 2 is 2.29 bits per heavy atom. The topological polar surface area (TPSA) is 53.6 Å². The van der Waals surface area contributed by atoms with E-state index in [2.05, 4.69) is 27.7 Å². The Morgan fingerprint density at radius 1 is 1.48 bits per heavy atom. The molecular formula is C16H25N3O2. The minimum atomic E-state index is -0.0789. The lowest BCUT2D eigenvalue weighted by Gasteiger charge is -2.19. The fourth-order valence-corrected chi connectivity index (χ4v) is 2.59. The number of carbonyl (C=O) groups is 1. The SMILES string of the molecule is COc1cccc(N2CCC(CNC(=O)NC(C)C)C2)c1. The van der Waals surface area contributed by atoms with Crippen molar-refractivity contribution < 1.29 is 9.53 Å². The van der Waals surface area contributed by atoms with Crippen LogP contribution in [0.5, 0.6) is 5.75 Å². The van der Waals surface area contributed by atoms with Gasteiger partial charge in [0.1, 0.15) is 5.75 Å². The predicted molar refractivity (Wildman–Crippen MR) is 85.0 cm³/mol. The first-order chi connectivity index (χ1) is 10.1. The number of ether oxygens (including phenoxy) is 1. The van der Waals surface area contributed by atoms with E-state index in [0.29, 0.717) is 5.92 Å². The van der Waals surface area contributed by atoms with E-state index in [-0.39, 0.29) is 12.1 Å². The first-order valence-corrected chi connectivity index (χ1v) is 7.52. The fourth-order valence-electron chi connectivity index (χ4n) is 2.59. The summed E-state index contributed by atoms with van der Waals surface area (Å²) >= 11 is 0. The molecule has 5 heteroatoms. The molecule has 1 aliphatic rings. The zero-order valence-electron chi connectivity index (χ0n) is 13.1. The Hall–Kier alpha value is -1.91. The summed E-state index contributed by atoms with van der Waals surface area (Å²) < 4.78 is 5.27. The monoisotopic (exact) mass is 291 g/mol. The lowest BCUT2D eigenvalue weighted by molar-refractivity contribution is 0.237. The van der Waals surface area contributed by atoms with Crippen molar-refractivity contribution in [2.24, 2.45) is 5.92 Å². The van der Waals surface area contributed by atoms with Crippen LogP contribution in [0.3, 0.4) is 0 Å². The zero-order valence-corrected chi connectivity index (χ0v) is 13.1. The summed E-state index contributed by atoms with van der Waals surface area (Å²) in [5.74, 6) is 1.37. The number of nitrogens with zero attached hydrogens (tertiary/aromatic N) is 1. The minimum absolute atomic E-state index is 0.0789. The first kappa shape index (κ1) is 15.5. The van der Waals surface area contributed by atoms with Gasteiger partial charge in [0, 0.05) is 37.4 Å². The molecule has 0 bridgehead atoms. The Morgan fingerprint density at radius 3 is 3.00 bits per heavy atom. The third-order valence-electron chi connectivity index (χ3n) is 3.68. The van der Waals surface area contributed by atoms with Crippen molar-refractivity contribution in [3.05, 3.63) is 24.3 Å². The summed E-state index contributed by atoms with van der Waals surface area (Å²) in [6.45, 7) is 6.62. The van der Waals surface area contributed by atoms with Gasteiger partial charge in [-0.05, 0) is 38.3 Å². The number of benzene rings is 1. The van der Waals surface area contributed by atoms with Crippen molar-refractivity contribution in [2.45, 2.75) is 26.3 Å². The van der Waals surface area contributed by atoms with Crippen LogP contribution in [0.15, 0.2) is 24.3 Å². The molecule has 1 aromatic rings. The number of hydrogen-bond donors (Lipinski definition) is 2. The van der Waals surface area contributed by atoms with E-state index >= 15 is 0 Å². The molecule has 0 aromatic heterocycles. The van der Waals surface area contributed by atoms with Gasteiger partial charge in [-0.25, -0.2) is 4.79 Å². The molecule has 5 nitrogen and oxygen atoms in total. The van der Waals surface area contributed by atoms with Crippen molar-refractivity contribution in [3.63, 3.8) is 0 Å². The highest BCUT2D eigenvalue weighted by Gasteiger charge is 2.23. The Bertz CT molecular complexity index is 476. The molecule has 1 atom stereocenters.